The maximum absolute atomic E-state index is 12.3. The van der Waals surface area contributed by atoms with E-state index < -0.39 is 5.97 Å². The lowest BCUT2D eigenvalue weighted by Crippen LogP contribution is -2.31. The number of esters is 1. The van der Waals surface area contributed by atoms with E-state index in [4.69, 9.17) is 18.9 Å². The molecule has 0 aromatic heterocycles. The molecule has 1 amide bonds. The summed E-state index contributed by atoms with van der Waals surface area (Å²) in [6.45, 7) is 2.69. The summed E-state index contributed by atoms with van der Waals surface area (Å²) in [7, 11) is 2.75. The van der Waals surface area contributed by atoms with Crippen molar-refractivity contribution in [1.82, 2.24) is 5.32 Å². The van der Waals surface area contributed by atoms with Gasteiger partial charge in [-0.1, -0.05) is 6.07 Å². The molecule has 1 aliphatic rings. The molecule has 0 radical (unpaired) electrons. The number of benzene rings is 2. The van der Waals surface area contributed by atoms with Gasteiger partial charge in [0, 0.05) is 0 Å². The number of carbonyl (C=O) groups excluding carboxylic acids is 2. The van der Waals surface area contributed by atoms with E-state index in [1.54, 1.807) is 12.1 Å². The van der Waals surface area contributed by atoms with Gasteiger partial charge in [-0.25, -0.2) is 4.79 Å². The summed E-state index contributed by atoms with van der Waals surface area (Å²) in [6, 6.07) is 9.92. The molecule has 0 fully saturated rings. The van der Waals surface area contributed by atoms with Gasteiger partial charge in [-0.2, -0.15) is 0 Å². The average Bonchev–Trinajstić information content (AvgIpc) is 2.76. The van der Waals surface area contributed by atoms with Crippen molar-refractivity contribution >= 4 is 11.9 Å². The molecule has 0 spiro atoms. The van der Waals surface area contributed by atoms with Crippen molar-refractivity contribution in [3.63, 3.8) is 0 Å². The quantitative estimate of drug-likeness (QED) is 0.713. The number of fused-ring (bicyclic) bond motifs is 1. The van der Waals surface area contributed by atoms with Crippen LogP contribution in [0.1, 0.15) is 28.9 Å². The molecule has 2 aromatic rings. The van der Waals surface area contributed by atoms with Crippen molar-refractivity contribution in [2.24, 2.45) is 0 Å². The van der Waals surface area contributed by atoms with Gasteiger partial charge in [0.2, 0.25) is 0 Å². The minimum Gasteiger partial charge on any atom is -0.493 e. The van der Waals surface area contributed by atoms with Gasteiger partial charge in [-0.3, -0.25) is 4.79 Å². The standard InChI is InChI=1S/C21H23NO7/c1-13(14-4-6-17-19(10-14)28-9-8-27-17)22-20(23)12-29-16-7-5-15(21(24)26-3)11-18(16)25-2/h4-7,10-11,13H,8-9,12H2,1-3H3,(H,22,23). The largest absolute Gasteiger partial charge is 0.493 e. The average molecular weight is 401 g/mol. The van der Waals surface area contributed by atoms with Crippen LogP contribution >= 0.6 is 0 Å². The van der Waals surface area contributed by atoms with E-state index >= 15 is 0 Å². The van der Waals surface area contributed by atoms with Gasteiger partial charge in [0.1, 0.15) is 13.2 Å². The lowest BCUT2D eigenvalue weighted by molar-refractivity contribution is -0.123. The summed E-state index contributed by atoms with van der Waals surface area (Å²) >= 11 is 0. The first-order chi connectivity index (χ1) is 14.0. The van der Waals surface area contributed by atoms with E-state index in [2.05, 4.69) is 10.1 Å². The number of hydrogen-bond acceptors (Lipinski definition) is 7. The van der Waals surface area contributed by atoms with Gasteiger partial charge in [0.15, 0.2) is 29.6 Å². The van der Waals surface area contributed by atoms with E-state index in [0.717, 1.165) is 5.56 Å². The monoisotopic (exact) mass is 401 g/mol. The highest BCUT2D eigenvalue weighted by atomic mass is 16.6. The number of rotatable bonds is 7. The summed E-state index contributed by atoms with van der Waals surface area (Å²) in [6.07, 6.45) is 0. The van der Waals surface area contributed by atoms with Crippen molar-refractivity contribution in [2.75, 3.05) is 34.0 Å². The molecule has 0 aliphatic carbocycles. The van der Waals surface area contributed by atoms with Gasteiger partial charge < -0.3 is 29.0 Å². The lowest BCUT2D eigenvalue weighted by atomic mass is 10.1. The molecule has 1 aliphatic heterocycles. The van der Waals surface area contributed by atoms with Crippen LogP contribution in [0.4, 0.5) is 0 Å². The zero-order valence-corrected chi connectivity index (χ0v) is 16.5. The van der Waals surface area contributed by atoms with Gasteiger partial charge in [0.25, 0.3) is 5.91 Å². The Labute approximate surface area is 168 Å². The number of amides is 1. The lowest BCUT2D eigenvalue weighted by Gasteiger charge is -2.21. The fraction of sp³-hybridized carbons (Fsp3) is 0.333. The highest BCUT2D eigenvalue weighted by molar-refractivity contribution is 5.90. The summed E-state index contributed by atoms with van der Waals surface area (Å²) in [5, 5.41) is 2.87. The summed E-state index contributed by atoms with van der Waals surface area (Å²) < 4.78 is 26.5. The summed E-state index contributed by atoms with van der Waals surface area (Å²) in [4.78, 5) is 23.9. The predicted octanol–water partition coefficient (Wildman–Crippen LogP) is 2.51. The van der Waals surface area contributed by atoms with Crippen LogP contribution in [-0.2, 0) is 9.53 Å². The minimum absolute atomic E-state index is 0.206. The second-order valence-electron chi connectivity index (χ2n) is 6.34. The topological polar surface area (TPSA) is 92.3 Å². The van der Waals surface area contributed by atoms with Crippen LogP contribution < -0.4 is 24.3 Å². The maximum atomic E-state index is 12.3. The van der Waals surface area contributed by atoms with Crippen LogP contribution in [0.3, 0.4) is 0 Å². The fourth-order valence-corrected chi connectivity index (χ4v) is 2.87. The maximum Gasteiger partial charge on any atom is 0.337 e. The van der Waals surface area contributed by atoms with Crippen molar-refractivity contribution < 1.29 is 33.3 Å². The first kappa shape index (κ1) is 20.3. The first-order valence-electron chi connectivity index (χ1n) is 9.10. The number of nitrogens with one attached hydrogen (secondary N) is 1. The Kier molecular flexibility index (Phi) is 6.43. The van der Waals surface area contributed by atoms with Crippen LogP contribution in [0.15, 0.2) is 36.4 Å². The zero-order valence-electron chi connectivity index (χ0n) is 16.5. The molecule has 2 aromatic carbocycles. The SMILES string of the molecule is COC(=O)c1ccc(OCC(=O)NC(C)c2ccc3c(c2)OCCO3)c(OC)c1. The smallest absolute Gasteiger partial charge is 0.337 e. The molecular weight excluding hydrogens is 378 g/mol. The van der Waals surface area contributed by atoms with Crippen LogP contribution in [0.2, 0.25) is 0 Å². The van der Waals surface area contributed by atoms with Crippen molar-refractivity contribution in [3.8, 4) is 23.0 Å². The highest BCUT2D eigenvalue weighted by Gasteiger charge is 2.17. The van der Waals surface area contributed by atoms with Crippen LogP contribution in [-0.4, -0.2) is 45.9 Å². The summed E-state index contributed by atoms with van der Waals surface area (Å²) in [5.41, 5.74) is 1.22. The molecule has 1 N–H and O–H groups in total. The second kappa shape index (κ2) is 9.18. The Morgan fingerprint density at radius 3 is 2.52 bits per heavy atom. The van der Waals surface area contributed by atoms with Crippen LogP contribution in [0.25, 0.3) is 0 Å². The molecule has 1 unspecified atom stereocenters. The molecule has 0 bridgehead atoms. The van der Waals surface area contributed by atoms with Crippen LogP contribution in [0.5, 0.6) is 23.0 Å². The normalized spacial score (nSPS) is 13.2. The molecule has 1 atom stereocenters. The molecule has 3 rings (SSSR count). The van der Waals surface area contributed by atoms with Crippen molar-refractivity contribution in [3.05, 3.63) is 47.5 Å². The van der Waals surface area contributed by atoms with Crippen molar-refractivity contribution in [1.29, 1.82) is 0 Å². The number of ether oxygens (including phenoxy) is 5. The molecule has 0 saturated carbocycles. The Hall–Kier alpha value is -3.42. The fourth-order valence-electron chi connectivity index (χ4n) is 2.87. The molecular formula is C21H23NO7. The third-order valence-corrected chi connectivity index (χ3v) is 4.39. The second-order valence-corrected chi connectivity index (χ2v) is 6.34. The van der Waals surface area contributed by atoms with E-state index in [0.29, 0.717) is 41.8 Å². The number of hydrogen-bond donors (Lipinski definition) is 1. The van der Waals surface area contributed by atoms with Gasteiger partial charge >= 0.3 is 5.97 Å². The Bertz CT molecular complexity index is 897. The summed E-state index contributed by atoms with van der Waals surface area (Å²) in [5.74, 6) is 1.26. The van der Waals surface area contributed by atoms with Crippen molar-refractivity contribution in [2.45, 2.75) is 13.0 Å². The first-order valence-corrected chi connectivity index (χ1v) is 9.10. The van der Waals surface area contributed by atoms with Gasteiger partial charge in [0.05, 0.1) is 25.8 Å². The Balaban J connectivity index is 1.59. The van der Waals surface area contributed by atoms with E-state index in [1.807, 2.05) is 25.1 Å². The number of methoxy groups -OCH3 is 2. The molecule has 154 valence electrons. The van der Waals surface area contributed by atoms with Crippen LogP contribution in [0, 0.1) is 0 Å². The third kappa shape index (κ3) is 4.90. The van der Waals surface area contributed by atoms with E-state index in [9.17, 15) is 9.59 Å². The minimum atomic E-state index is -0.485. The molecule has 0 saturated heterocycles. The van der Waals surface area contributed by atoms with E-state index in [1.165, 1.54) is 20.3 Å². The Morgan fingerprint density at radius 1 is 1.03 bits per heavy atom. The van der Waals surface area contributed by atoms with E-state index in [-0.39, 0.29) is 18.6 Å². The Morgan fingerprint density at radius 2 is 1.79 bits per heavy atom. The zero-order chi connectivity index (χ0) is 20.8. The highest BCUT2D eigenvalue weighted by Crippen LogP contribution is 2.32. The molecule has 29 heavy (non-hydrogen) atoms. The predicted molar refractivity (Wildman–Crippen MR) is 104 cm³/mol. The molecule has 8 heteroatoms. The molecule has 8 nitrogen and oxygen atoms in total. The number of carbonyl (C=O) groups is 2. The molecule has 1 heterocycles. The van der Waals surface area contributed by atoms with Gasteiger partial charge in [-0.05, 0) is 42.8 Å². The van der Waals surface area contributed by atoms with Gasteiger partial charge in [-0.15, -0.1) is 0 Å². The third-order valence-electron chi connectivity index (χ3n) is 4.39.